The highest BCUT2D eigenvalue weighted by Crippen LogP contribution is 2.30. The Hall–Kier alpha value is -3.55. The minimum atomic E-state index is -1.20. The quantitative estimate of drug-likeness (QED) is 0.423. The molecule has 7 nitrogen and oxygen atoms in total. The van der Waals surface area contributed by atoms with Crippen molar-refractivity contribution >= 4 is 29.2 Å². The first kappa shape index (κ1) is 21.7. The number of Topliss-reactive ketones (excluding diaryl/α,β-unsaturated/α-hetero) is 1. The van der Waals surface area contributed by atoms with Crippen LogP contribution >= 0.6 is 0 Å². The summed E-state index contributed by atoms with van der Waals surface area (Å²) in [7, 11) is 1.16. The molecule has 0 saturated carbocycles. The predicted octanol–water partition coefficient (Wildman–Crippen LogP) is 3.49. The van der Waals surface area contributed by atoms with Crippen LogP contribution in [0.2, 0.25) is 0 Å². The number of urea groups is 1. The highest BCUT2D eigenvalue weighted by atomic mass is 19.1. The van der Waals surface area contributed by atoms with Crippen LogP contribution in [0.25, 0.3) is 0 Å². The fourth-order valence-electron chi connectivity index (χ4n) is 2.92. The number of hydrazone groups is 1. The number of rotatable bonds is 7. The molecular formula is C21H22FN3O4. The summed E-state index contributed by atoms with van der Waals surface area (Å²) in [5.41, 5.74) is 2.98. The number of hydrogen-bond donors (Lipinski definition) is 2. The number of para-hydroxylation sites is 1. The third-order valence-corrected chi connectivity index (χ3v) is 4.28. The number of ether oxygens (including phenoxy) is 1. The summed E-state index contributed by atoms with van der Waals surface area (Å²) in [6.45, 7) is 2.72. The van der Waals surface area contributed by atoms with Gasteiger partial charge in [0.1, 0.15) is 17.5 Å². The van der Waals surface area contributed by atoms with Gasteiger partial charge in [0.05, 0.1) is 18.7 Å². The van der Waals surface area contributed by atoms with E-state index in [9.17, 15) is 18.8 Å². The van der Waals surface area contributed by atoms with Crippen molar-refractivity contribution in [3.05, 3.63) is 66.0 Å². The van der Waals surface area contributed by atoms with Crippen LogP contribution in [0.15, 0.2) is 59.7 Å². The van der Waals surface area contributed by atoms with E-state index in [0.29, 0.717) is 5.69 Å². The second kappa shape index (κ2) is 10.1. The number of halogens is 1. The van der Waals surface area contributed by atoms with Gasteiger partial charge < -0.3 is 10.1 Å². The van der Waals surface area contributed by atoms with Gasteiger partial charge in [0.2, 0.25) is 0 Å². The van der Waals surface area contributed by atoms with Gasteiger partial charge in [-0.05, 0) is 37.6 Å². The van der Waals surface area contributed by atoms with Crippen LogP contribution in [0.4, 0.5) is 14.9 Å². The molecule has 8 heteroatoms. The Morgan fingerprint density at radius 2 is 1.62 bits per heavy atom. The lowest BCUT2D eigenvalue weighted by atomic mass is 9.80. The van der Waals surface area contributed by atoms with Crippen molar-refractivity contribution < 1.29 is 23.5 Å². The summed E-state index contributed by atoms with van der Waals surface area (Å²) >= 11 is 0. The Kier molecular flexibility index (Phi) is 7.59. The average Bonchev–Trinajstić information content (AvgIpc) is 2.71. The van der Waals surface area contributed by atoms with E-state index in [-0.39, 0.29) is 11.3 Å². The number of benzene rings is 2. The molecule has 2 aromatic rings. The van der Waals surface area contributed by atoms with E-state index in [1.807, 2.05) is 0 Å². The zero-order valence-electron chi connectivity index (χ0n) is 16.3. The molecule has 2 unspecified atom stereocenters. The van der Waals surface area contributed by atoms with Gasteiger partial charge >= 0.3 is 12.0 Å². The molecule has 0 bridgehead atoms. The van der Waals surface area contributed by atoms with Gasteiger partial charge in [-0.3, -0.25) is 9.59 Å². The molecule has 0 heterocycles. The first-order chi connectivity index (χ1) is 13.8. The third-order valence-electron chi connectivity index (χ3n) is 4.28. The van der Waals surface area contributed by atoms with Gasteiger partial charge in [-0.1, -0.05) is 36.4 Å². The molecular weight excluding hydrogens is 377 g/mol. The molecule has 0 aliphatic heterocycles. The van der Waals surface area contributed by atoms with E-state index in [1.165, 1.54) is 32.0 Å². The van der Waals surface area contributed by atoms with E-state index in [2.05, 4.69) is 15.8 Å². The van der Waals surface area contributed by atoms with Crippen molar-refractivity contribution in [1.29, 1.82) is 0 Å². The molecule has 152 valence electrons. The molecule has 2 amide bonds. The van der Waals surface area contributed by atoms with E-state index >= 15 is 0 Å². The highest BCUT2D eigenvalue weighted by molar-refractivity contribution is 6.07. The molecule has 2 aromatic carbocycles. The average molecular weight is 399 g/mol. The number of nitrogens with one attached hydrogen (secondary N) is 2. The predicted molar refractivity (Wildman–Crippen MR) is 107 cm³/mol. The van der Waals surface area contributed by atoms with E-state index in [4.69, 9.17) is 4.74 Å². The van der Waals surface area contributed by atoms with Gasteiger partial charge in [0, 0.05) is 5.69 Å². The molecule has 2 rings (SSSR count). The van der Waals surface area contributed by atoms with Gasteiger partial charge in [-0.25, -0.2) is 14.6 Å². The first-order valence-corrected chi connectivity index (χ1v) is 8.84. The number of hydrogen-bond acceptors (Lipinski definition) is 5. The van der Waals surface area contributed by atoms with Crippen LogP contribution in [-0.2, 0) is 14.3 Å². The molecule has 0 saturated heterocycles. The van der Waals surface area contributed by atoms with Crippen LogP contribution in [0, 0.1) is 11.7 Å². The number of ketones is 1. The molecule has 2 N–H and O–H groups in total. The largest absolute Gasteiger partial charge is 0.468 e. The van der Waals surface area contributed by atoms with Crippen molar-refractivity contribution in [2.45, 2.75) is 19.8 Å². The maximum absolute atomic E-state index is 14.3. The Balaban J connectivity index is 2.28. The Bertz CT molecular complexity index is 915. The molecule has 0 aliphatic carbocycles. The third kappa shape index (κ3) is 5.71. The second-order valence-corrected chi connectivity index (χ2v) is 6.30. The molecule has 0 spiro atoms. The maximum atomic E-state index is 14.3. The summed E-state index contributed by atoms with van der Waals surface area (Å²) < 4.78 is 19.1. The standard InChI is InChI=1S/C21H22FN3O4/c1-13(24-25-21(28)23-15-9-5-4-6-10-15)18(20(27)29-3)19(14(2)26)16-11-7-8-12-17(16)22/h4-12,18-19H,1-3H3,(H2,23,25,28)/b24-13+. The molecule has 0 aromatic heterocycles. The van der Waals surface area contributed by atoms with Crippen LogP contribution in [-0.4, -0.2) is 30.6 Å². The Morgan fingerprint density at radius 3 is 2.21 bits per heavy atom. The van der Waals surface area contributed by atoms with Crippen molar-refractivity contribution in [3.63, 3.8) is 0 Å². The lowest BCUT2D eigenvalue weighted by Gasteiger charge is -2.23. The summed E-state index contributed by atoms with van der Waals surface area (Å²) in [4.78, 5) is 36.8. The minimum absolute atomic E-state index is 0.0543. The number of carbonyl (C=O) groups is 3. The number of carbonyl (C=O) groups excluding carboxylic acids is 3. The zero-order valence-corrected chi connectivity index (χ0v) is 16.3. The van der Waals surface area contributed by atoms with E-state index < -0.39 is 35.4 Å². The van der Waals surface area contributed by atoms with Crippen LogP contribution in [0.3, 0.4) is 0 Å². The SMILES string of the molecule is COC(=O)C(/C(C)=N/NC(=O)Nc1ccccc1)C(C(C)=O)c1ccccc1F. The lowest BCUT2D eigenvalue weighted by Crippen LogP contribution is -2.36. The molecule has 0 fully saturated rings. The highest BCUT2D eigenvalue weighted by Gasteiger charge is 2.37. The first-order valence-electron chi connectivity index (χ1n) is 8.84. The second-order valence-electron chi connectivity index (χ2n) is 6.30. The van der Waals surface area contributed by atoms with Gasteiger partial charge in [0.15, 0.2) is 0 Å². The number of esters is 1. The van der Waals surface area contributed by atoms with Crippen molar-refractivity contribution in [1.82, 2.24) is 5.43 Å². The fourth-order valence-corrected chi connectivity index (χ4v) is 2.92. The van der Waals surface area contributed by atoms with E-state index in [1.54, 1.807) is 36.4 Å². The van der Waals surface area contributed by atoms with Gasteiger partial charge in [-0.15, -0.1) is 0 Å². The van der Waals surface area contributed by atoms with Gasteiger partial charge in [0.25, 0.3) is 0 Å². The van der Waals surface area contributed by atoms with Crippen LogP contribution in [0.5, 0.6) is 0 Å². The summed E-state index contributed by atoms with van der Waals surface area (Å²) in [5, 5.41) is 6.50. The molecule has 0 aliphatic rings. The topological polar surface area (TPSA) is 96.9 Å². The summed E-state index contributed by atoms with van der Waals surface area (Å²) in [6.07, 6.45) is 0. The Labute approximate surface area is 168 Å². The van der Waals surface area contributed by atoms with Crippen molar-refractivity contribution in [3.8, 4) is 0 Å². The van der Waals surface area contributed by atoms with Crippen molar-refractivity contribution in [2.75, 3.05) is 12.4 Å². The zero-order chi connectivity index (χ0) is 21.4. The molecule has 2 atom stereocenters. The number of anilines is 1. The molecule has 29 heavy (non-hydrogen) atoms. The molecule has 0 radical (unpaired) electrons. The number of methoxy groups -OCH3 is 1. The normalized spacial score (nSPS) is 13.2. The van der Waals surface area contributed by atoms with Gasteiger partial charge in [-0.2, -0.15) is 5.10 Å². The minimum Gasteiger partial charge on any atom is -0.468 e. The fraction of sp³-hybridized carbons (Fsp3) is 0.238. The number of amides is 2. The van der Waals surface area contributed by atoms with Crippen LogP contribution < -0.4 is 10.7 Å². The van der Waals surface area contributed by atoms with Crippen LogP contribution in [0.1, 0.15) is 25.3 Å². The Morgan fingerprint density at radius 1 is 1.00 bits per heavy atom. The van der Waals surface area contributed by atoms with Crippen molar-refractivity contribution in [2.24, 2.45) is 11.0 Å². The summed E-state index contributed by atoms with van der Waals surface area (Å²) in [5.74, 6) is -4.17. The number of nitrogens with zero attached hydrogens (tertiary/aromatic N) is 1. The maximum Gasteiger partial charge on any atom is 0.339 e. The lowest BCUT2D eigenvalue weighted by molar-refractivity contribution is -0.145. The van der Waals surface area contributed by atoms with E-state index in [0.717, 1.165) is 7.11 Å². The smallest absolute Gasteiger partial charge is 0.339 e. The summed E-state index contributed by atoms with van der Waals surface area (Å²) in [6, 6.07) is 13.8. The monoisotopic (exact) mass is 399 g/mol.